The van der Waals surface area contributed by atoms with Crippen LogP contribution < -0.4 is 5.63 Å². The van der Waals surface area contributed by atoms with Crippen molar-refractivity contribution in [3.05, 3.63) is 67.7 Å². The van der Waals surface area contributed by atoms with E-state index in [0.29, 0.717) is 16.0 Å². The zero-order valence-corrected chi connectivity index (χ0v) is 13.2. The molecule has 4 rings (SSSR count). The van der Waals surface area contributed by atoms with E-state index in [9.17, 15) is 9.59 Å². The molecule has 1 aliphatic rings. The number of thiophene rings is 1. The van der Waals surface area contributed by atoms with Gasteiger partial charge in [0.15, 0.2) is 0 Å². The molecule has 0 saturated heterocycles. The quantitative estimate of drug-likeness (QED) is 0.544. The number of benzene rings is 1. The Kier molecular flexibility index (Phi) is 3.50. The predicted octanol–water partition coefficient (Wildman–Crippen LogP) is 3.70. The fourth-order valence-corrected chi connectivity index (χ4v) is 3.64. The first-order chi connectivity index (χ1) is 11.2. The zero-order chi connectivity index (χ0) is 15.8. The van der Waals surface area contributed by atoms with Crippen molar-refractivity contribution in [2.24, 2.45) is 0 Å². The summed E-state index contributed by atoms with van der Waals surface area (Å²) in [5, 5.41) is 2.68. The summed E-state index contributed by atoms with van der Waals surface area (Å²) < 4.78 is 10.7. The number of carbonyl (C=O) groups excluding carboxylic acids is 1. The van der Waals surface area contributed by atoms with Crippen LogP contribution >= 0.6 is 11.3 Å². The molecule has 1 aliphatic carbocycles. The van der Waals surface area contributed by atoms with Crippen LogP contribution in [0.1, 0.15) is 32.8 Å². The molecule has 0 amide bonds. The fourth-order valence-electron chi connectivity index (χ4n) is 3.02. The summed E-state index contributed by atoms with van der Waals surface area (Å²) in [7, 11) is 0. The normalized spacial score (nSPS) is 13.2. The van der Waals surface area contributed by atoms with E-state index >= 15 is 0 Å². The molecule has 0 fully saturated rings. The molecule has 0 bridgehead atoms. The highest BCUT2D eigenvalue weighted by Gasteiger charge is 2.16. The summed E-state index contributed by atoms with van der Waals surface area (Å²) >= 11 is 1.33. The lowest BCUT2D eigenvalue weighted by Gasteiger charge is -2.08. The number of carbonyl (C=O) groups is 1. The lowest BCUT2D eigenvalue weighted by atomic mass is 10.0. The van der Waals surface area contributed by atoms with Gasteiger partial charge < -0.3 is 9.15 Å². The smallest absolute Gasteiger partial charge is 0.348 e. The van der Waals surface area contributed by atoms with Crippen LogP contribution in [0.2, 0.25) is 0 Å². The average Bonchev–Trinajstić information content (AvgIpc) is 3.21. The maximum Gasteiger partial charge on any atom is 0.348 e. The summed E-state index contributed by atoms with van der Waals surface area (Å²) in [5.74, 6) is -0.373. The molecule has 116 valence electrons. The molecule has 4 nitrogen and oxygen atoms in total. The zero-order valence-electron chi connectivity index (χ0n) is 12.3. The molecule has 0 spiro atoms. The van der Waals surface area contributed by atoms with Gasteiger partial charge in [0, 0.05) is 17.0 Å². The second kappa shape index (κ2) is 5.66. The Bertz CT molecular complexity index is 938. The van der Waals surface area contributed by atoms with E-state index in [1.807, 2.05) is 11.4 Å². The number of ether oxygens (including phenoxy) is 1. The van der Waals surface area contributed by atoms with Crippen LogP contribution in [-0.4, -0.2) is 5.97 Å². The topological polar surface area (TPSA) is 56.5 Å². The molecule has 0 unspecified atom stereocenters. The second-order valence-corrected chi connectivity index (χ2v) is 6.56. The minimum absolute atomic E-state index is 0.0671. The Morgan fingerprint density at radius 2 is 2.04 bits per heavy atom. The molecular weight excluding hydrogens is 312 g/mol. The number of rotatable bonds is 3. The maximum atomic E-state index is 12.0. The molecular formula is C18H14O4S. The first-order valence-electron chi connectivity index (χ1n) is 7.50. The van der Waals surface area contributed by atoms with Crippen LogP contribution in [0.4, 0.5) is 0 Å². The van der Waals surface area contributed by atoms with Gasteiger partial charge in [-0.3, -0.25) is 0 Å². The van der Waals surface area contributed by atoms with E-state index in [1.54, 1.807) is 12.1 Å². The third-order valence-electron chi connectivity index (χ3n) is 4.12. The van der Waals surface area contributed by atoms with Crippen LogP contribution in [0, 0.1) is 0 Å². The Labute approximate surface area is 136 Å². The molecule has 2 heterocycles. The third-order valence-corrected chi connectivity index (χ3v) is 4.97. The summed E-state index contributed by atoms with van der Waals surface area (Å²) in [4.78, 5) is 24.3. The number of fused-ring (bicyclic) bond motifs is 2. The van der Waals surface area contributed by atoms with Crippen LogP contribution in [0.5, 0.6) is 0 Å². The standard InChI is InChI=1S/C18H14O4S/c19-17-9-13(10-21-18(20)16-5-2-6-23-16)14-7-11-3-1-4-12(11)8-15(14)22-17/h2,5-9H,1,3-4,10H2. The van der Waals surface area contributed by atoms with Crippen molar-refractivity contribution < 1.29 is 13.9 Å². The largest absolute Gasteiger partial charge is 0.457 e. The Morgan fingerprint density at radius 3 is 2.83 bits per heavy atom. The second-order valence-electron chi connectivity index (χ2n) is 5.61. The molecule has 0 atom stereocenters. The molecule has 0 aliphatic heterocycles. The minimum atomic E-state index is -0.419. The highest BCUT2D eigenvalue weighted by molar-refractivity contribution is 7.11. The molecule has 0 saturated carbocycles. The van der Waals surface area contributed by atoms with E-state index in [1.165, 1.54) is 28.5 Å². The summed E-state index contributed by atoms with van der Waals surface area (Å²) in [6.07, 6.45) is 3.18. The van der Waals surface area contributed by atoms with Gasteiger partial charge in [-0.25, -0.2) is 9.59 Å². The maximum absolute atomic E-state index is 12.0. The van der Waals surface area contributed by atoms with Crippen molar-refractivity contribution in [2.45, 2.75) is 25.9 Å². The van der Waals surface area contributed by atoms with Crippen molar-refractivity contribution in [3.63, 3.8) is 0 Å². The lowest BCUT2D eigenvalue weighted by Crippen LogP contribution is -2.07. The number of aryl methyl sites for hydroxylation is 2. The molecule has 3 aromatic rings. The van der Waals surface area contributed by atoms with E-state index in [0.717, 1.165) is 24.6 Å². The molecule has 1 aromatic carbocycles. The van der Waals surface area contributed by atoms with Gasteiger partial charge in [0.25, 0.3) is 0 Å². The Balaban J connectivity index is 1.69. The van der Waals surface area contributed by atoms with Gasteiger partial charge in [-0.1, -0.05) is 6.07 Å². The SMILES string of the molecule is O=C(OCc1cc(=O)oc2cc3c(cc12)CCC3)c1cccs1. The van der Waals surface area contributed by atoms with Gasteiger partial charge >= 0.3 is 11.6 Å². The van der Waals surface area contributed by atoms with Crippen LogP contribution in [-0.2, 0) is 24.2 Å². The Hall–Kier alpha value is -2.40. The molecule has 5 heteroatoms. The third kappa shape index (κ3) is 2.68. The molecule has 23 heavy (non-hydrogen) atoms. The number of esters is 1. The summed E-state index contributed by atoms with van der Waals surface area (Å²) in [6, 6.07) is 8.94. The average molecular weight is 326 g/mol. The molecule has 0 radical (unpaired) electrons. The van der Waals surface area contributed by atoms with Gasteiger partial charge in [-0.05, 0) is 54.0 Å². The van der Waals surface area contributed by atoms with Crippen molar-refractivity contribution in [3.8, 4) is 0 Å². The van der Waals surface area contributed by atoms with Gasteiger partial charge in [-0.15, -0.1) is 11.3 Å². The fraction of sp³-hybridized carbons (Fsp3) is 0.222. The number of hydrogen-bond acceptors (Lipinski definition) is 5. The summed E-state index contributed by atoms with van der Waals surface area (Å²) in [6.45, 7) is 0.0671. The molecule has 2 aromatic heterocycles. The van der Waals surface area contributed by atoms with E-state index in [4.69, 9.17) is 9.15 Å². The van der Waals surface area contributed by atoms with E-state index in [2.05, 4.69) is 6.07 Å². The van der Waals surface area contributed by atoms with Gasteiger partial charge in [-0.2, -0.15) is 0 Å². The number of hydrogen-bond donors (Lipinski definition) is 0. The van der Waals surface area contributed by atoms with Gasteiger partial charge in [0.1, 0.15) is 17.1 Å². The van der Waals surface area contributed by atoms with Crippen molar-refractivity contribution in [1.29, 1.82) is 0 Å². The minimum Gasteiger partial charge on any atom is -0.457 e. The van der Waals surface area contributed by atoms with Crippen molar-refractivity contribution >= 4 is 28.3 Å². The Morgan fingerprint density at radius 1 is 1.22 bits per heavy atom. The first-order valence-corrected chi connectivity index (χ1v) is 8.38. The van der Waals surface area contributed by atoms with Crippen molar-refractivity contribution in [2.75, 3.05) is 0 Å². The highest BCUT2D eigenvalue weighted by Crippen LogP contribution is 2.28. The highest BCUT2D eigenvalue weighted by atomic mass is 32.1. The van der Waals surface area contributed by atoms with Crippen LogP contribution in [0.25, 0.3) is 11.0 Å². The molecule has 0 N–H and O–H groups in total. The van der Waals surface area contributed by atoms with E-state index in [-0.39, 0.29) is 12.6 Å². The lowest BCUT2D eigenvalue weighted by molar-refractivity contribution is 0.0479. The van der Waals surface area contributed by atoms with Crippen LogP contribution in [0.15, 0.2) is 44.9 Å². The van der Waals surface area contributed by atoms with Crippen molar-refractivity contribution in [1.82, 2.24) is 0 Å². The van der Waals surface area contributed by atoms with Gasteiger partial charge in [0.05, 0.1) is 0 Å². The van der Waals surface area contributed by atoms with Crippen LogP contribution in [0.3, 0.4) is 0 Å². The monoisotopic (exact) mass is 326 g/mol. The summed E-state index contributed by atoms with van der Waals surface area (Å²) in [5.41, 5.74) is 3.37. The first kappa shape index (κ1) is 14.2. The van der Waals surface area contributed by atoms with Gasteiger partial charge in [0.2, 0.25) is 0 Å². The predicted molar refractivity (Wildman–Crippen MR) is 87.9 cm³/mol. The van der Waals surface area contributed by atoms with E-state index < -0.39 is 5.63 Å².